The van der Waals surface area contributed by atoms with Gasteiger partial charge in [-0.25, -0.2) is 0 Å². The second-order valence-corrected chi connectivity index (χ2v) is 20.1. The van der Waals surface area contributed by atoms with Crippen molar-refractivity contribution >= 4 is 22.8 Å². The number of hydrogen-bond acceptors (Lipinski definition) is 10. The summed E-state index contributed by atoms with van der Waals surface area (Å²) < 4.78 is 77.7. The zero-order valence-corrected chi connectivity index (χ0v) is 65.3. The summed E-state index contributed by atoms with van der Waals surface area (Å²) in [4.78, 5) is 32.7. The van der Waals surface area contributed by atoms with Crippen LogP contribution in [-0.2, 0) is 112 Å². The first-order chi connectivity index (χ1) is 44.8. The smallest absolute Gasteiger partial charge is 0.155 e. The number of allylic oxidation sites excluding steroid dienone is 2. The molecule has 0 aliphatic heterocycles. The van der Waals surface area contributed by atoms with E-state index in [0.29, 0.717) is 17.0 Å². The summed E-state index contributed by atoms with van der Waals surface area (Å²) in [5.74, 6) is -3.33. The number of carbonyl (C=O) groups excluding carboxylic acids is 1. The molecule has 12 aromatic rings. The SMILES string of the molecule is CC(=O)C=C(C)O.CN(C)c1ccnc(-c2[c-]cc(F)cc2)c1.Cc1ccccc1.Cc1ccnc(-c2[c-]cc(F)cc2F)c1.Fc1c[c-]c(-c2cc(Nc3ccccc3)ccn2)cc1.OCc1ccnc(-c2[c-]cc(F)cc2F)c1.[Ir].[Ir].[Ir].[Ir].[Ir].[c-]1ccccc1-c1ccccn1. The number of aryl methyl sites for hydroxylation is 2. The van der Waals surface area contributed by atoms with Crippen LogP contribution in [0.25, 0.3) is 56.3 Å². The van der Waals surface area contributed by atoms with E-state index in [1.807, 2.05) is 147 Å². The fraction of sp³-hybridized carbons (Fsp3) is 0.0909. The number of ketones is 1. The van der Waals surface area contributed by atoms with Crippen LogP contribution in [0, 0.1) is 79.1 Å². The number of carbonyl (C=O) groups is 1. The van der Waals surface area contributed by atoms with Crippen LogP contribution < -0.4 is 10.2 Å². The average molecular weight is 2210 g/mol. The van der Waals surface area contributed by atoms with Crippen molar-refractivity contribution in [2.24, 2.45) is 0 Å². The van der Waals surface area contributed by atoms with Crippen molar-refractivity contribution in [3.05, 3.63) is 337 Å². The van der Waals surface area contributed by atoms with Crippen LogP contribution in [0.5, 0.6) is 0 Å². The van der Waals surface area contributed by atoms with Crippen molar-refractivity contribution in [2.45, 2.75) is 34.3 Å². The van der Waals surface area contributed by atoms with E-state index >= 15 is 0 Å². The molecule has 7 aromatic carbocycles. The number of pyridine rings is 5. The molecule has 0 bridgehead atoms. The minimum Gasteiger partial charge on any atom is -0.512 e. The van der Waals surface area contributed by atoms with Gasteiger partial charge in [0, 0.05) is 204 Å². The molecule has 517 valence electrons. The van der Waals surface area contributed by atoms with Gasteiger partial charge >= 0.3 is 0 Å². The van der Waals surface area contributed by atoms with Gasteiger partial charge in [0.2, 0.25) is 0 Å². The summed E-state index contributed by atoms with van der Waals surface area (Å²) in [7, 11) is 3.93. The standard InChI is InChI=1S/C17H12FN2.C13H12FN2.C12H8F2NO.C12H8F2N.C11H8N.C7H8.C5H8O2.5Ir/c18-14-8-6-13(7-9-14)17-12-16(10-11-19-17)20-15-4-2-1-3-5-15;1-16(2)12-7-8-15-13(9-12)10-3-5-11(14)6-4-10;13-9-1-2-10(11(14)6-9)12-5-8(7-16)3-4-15-12;1-8-4-5-15-12(6-8)10-3-2-9(13)7-11(10)14;1-2-6-10(7-3-1)11-8-4-5-9-12-11;1-7-5-3-2-4-6-7;1-4(6)3-5(2)7;;;;;/h1-6,8-12H,(H,19,20);3,5-9H,1-2H3;1,3-6,16H,7H2;2,4-7H,1H3;1-6,8-9H;2-6H,1H3;3,6H,1-2H3;;;;;/q5*-1;;;;;;;. The summed E-state index contributed by atoms with van der Waals surface area (Å²) in [6.45, 7) is 6.66. The zero-order chi connectivity index (χ0) is 66.9. The first-order valence-corrected chi connectivity index (χ1v) is 28.6. The van der Waals surface area contributed by atoms with Crippen LogP contribution in [0.1, 0.15) is 30.5 Å². The third-order valence-electron chi connectivity index (χ3n) is 12.3. The number of para-hydroxylation sites is 1. The molecule has 5 aromatic heterocycles. The molecule has 3 N–H and O–H groups in total. The summed E-state index contributed by atoms with van der Waals surface area (Å²) in [6.07, 6.45) is 9.45. The van der Waals surface area contributed by atoms with Crippen molar-refractivity contribution in [3.63, 3.8) is 0 Å². The van der Waals surface area contributed by atoms with Crippen molar-refractivity contribution < 1.29 is 142 Å². The summed E-state index contributed by atoms with van der Waals surface area (Å²) in [5, 5.41) is 20.6. The topological polar surface area (TPSA) is 137 Å². The Morgan fingerprint density at radius 3 is 1.38 bits per heavy atom. The van der Waals surface area contributed by atoms with Gasteiger partial charge in [0.15, 0.2) is 5.78 Å². The van der Waals surface area contributed by atoms with E-state index in [1.54, 1.807) is 49.1 Å². The van der Waals surface area contributed by atoms with Crippen molar-refractivity contribution in [3.8, 4) is 56.3 Å². The molecular formula is C77H64F6Ir5N7O3-5. The maximum absolute atomic E-state index is 13.4. The molecule has 0 saturated carbocycles. The third-order valence-corrected chi connectivity index (χ3v) is 12.3. The number of rotatable bonds is 10. The van der Waals surface area contributed by atoms with Crippen molar-refractivity contribution in [1.29, 1.82) is 0 Å². The number of anilines is 3. The second-order valence-electron chi connectivity index (χ2n) is 20.1. The first-order valence-electron chi connectivity index (χ1n) is 28.6. The van der Waals surface area contributed by atoms with Gasteiger partial charge in [0.05, 0.1) is 12.4 Å². The second kappa shape index (κ2) is 47.8. The molecular weight excluding hydrogens is 2150 g/mol. The van der Waals surface area contributed by atoms with E-state index in [0.717, 1.165) is 80.7 Å². The molecule has 5 radical (unpaired) electrons. The number of nitrogens with zero attached hydrogens (tertiary/aromatic N) is 6. The van der Waals surface area contributed by atoms with Gasteiger partial charge < -0.3 is 45.3 Å². The fourth-order valence-electron chi connectivity index (χ4n) is 7.89. The molecule has 21 heteroatoms. The van der Waals surface area contributed by atoms with E-state index in [9.17, 15) is 31.1 Å². The number of aliphatic hydroxyl groups is 2. The number of benzene rings is 7. The fourth-order valence-corrected chi connectivity index (χ4v) is 7.89. The Labute approximate surface area is 636 Å². The monoisotopic (exact) mass is 2210 g/mol. The molecule has 0 aliphatic rings. The van der Waals surface area contributed by atoms with Crippen LogP contribution >= 0.6 is 0 Å². The number of nitrogens with one attached hydrogen (secondary N) is 1. The largest absolute Gasteiger partial charge is 0.512 e. The van der Waals surface area contributed by atoms with E-state index in [1.165, 1.54) is 62.0 Å². The van der Waals surface area contributed by atoms with E-state index in [4.69, 9.17) is 10.2 Å². The molecule has 0 unspecified atom stereocenters. The zero-order valence-electron chi connectivity index (χ0n) is 53.3. The van der Waals surface area contributed by atoms with Crippen molar-refractivity contribution in [2.75, 3.05) is 24.3 Å². The van der Waals surface area contributed by atoms with Gasteiger partial charge in [-0.05, 0) is 104 Å². The van der Waals surface area contributed by atoms with E-state index < -0.39 is 23.3 Å². The van der Waals surface area contributed by atoms with E-state index in [-0.39, 0.29) is 141 Å². The Morgan fingerprint density at radius 2 is 0.929 bits per heavy atom. The van der Waals surface area contributed by atoms with Gasteiger partial charge in [0.25, 0.3) is 0 Å². The summed E-state index contributed by atoms with van der Waals surface area (Å²) in [5.41, 5.74) is 12.1. The molecule has 0 saturated heterocycles. The normalized spacial score (nSPS) is 9.66. The van der Waals surface area contributed by atoms with Crippen LogP contribution in [0.3, 0.4) is 0 Å². The molecule has 0 spiro atoms. The molecule has 0 fully saturated rings. The maximum atomic E-state index is 13.4. The minimum absolute atomic E-state index is 0. The number of aliphatic hydroxyl groups excluding tert-OH is 2. The van der Waals surface area contributed by atoms with Gasteiger partial charge in [-0.3, -0.25) is 31.1 Å². The van der Waals surface area contributed by atoms with Gasteiger partial charge in [-0.15, -0.1) is 120 Å². The molecule has 12 rings (SSSR count). The average Bonchev–Trinajstić information content (AvgIpc) is 0.866. The first kappa shape index (κ1) is 87.9. The molecule has 5 heterocycles. The molecule has 0 amide bonds. The maximum Gasteiger partial charge on any atom is 0.155 e. The number of halogens is 6. The predicted molar refractivity (Wildman–Crippen MR) is 355 cm³/mol. The quantitative estimate of drug-likeness (QED) is 0.0525. The molecule has 0 atom stereocenters. The van der Waals surface area contributed by atoms with E-state index in [2.05, 4.69) is 79.6 Å². The summed E-state index contributed by atoms with van der Waals surface area (Å²) in [6, 6.07) is 74.6. The Morgan fingerprint density at radius 1 is 0.449 bits per heavy atom. The van der Waals surface area contributed by atoms with Crippen LogP contribution in [-0.4, -0.2) is 55.0 Å². The number of hydrogen-bond donors (Lipinski definition) is 3. The Hall–Kier alpha value is -8.11. The van der Waals surface area contributed by atoms with Gasteiger partial charge in [-0.1, -0.05) is 119 Å². The Kier molecular flexibility index (Phi) is 42.8. The predicted octanol–water partition coefficient (Wildman–Crippen LogP) is 18.2. The minimum atomic E-state index is -0.720. The van der Waals surface area contributed by atoms with Crippen LogP contribution in [0.4, 0.5) is 43.4 Å². The molecule has 0 aliphatic carbocycles. The molecule has 10 nitrogen and oxygen atoms in total. The van der Waals surface area contributed by atoms with Gasteiger partial charge in [-0.2, -0.15) is 0 Å². The van der Waals surface area contributed by atoms with Crippen molar-refractivity contribution in [1.82, 2.24) is 24.9 Å². The Balaban J connectivity index is 0.000000580. The third kappa shape index (κ3) is 32.0. The molecule has 98 heavy (non-hydrogen) atoms. The van der Waals surface area contributed by atoms with Crippen LogP contribution in [0.2, 0.25) is 0 Å². The van der Waals surface area contributed by atoms with Gasteiger partial charge in [0.1, 0.15) is 0 Å². The summed E-state index contributed by atoms with van der Waals surface area (Å²) >= 11 is 0. The number of aromatic nitrogens is 5. The van der Waals surface area contributed by atoms with Crippen LogP contribution in [0.15, 0.2) is 255 Å². The Bertz CT molecular complexity index is 4220.